The third kappa shape index (κ3) is 7.71. The highest BCUT2D eigenvalue weighted by molar-refractivity contribution is 7.09. The average molecular weight is 345 g/mol. The van der Waals surface area contributed by atoms with Gasteiger partial charge in [-0.15, -0.1) is 11.3 Å². The zero-order valence-corrected chi connectivity index (χ0v) is 14.0. The molecule has 1 rings (SSSR count). The van der Waals surface area contributed by atoms with Gasteiger partial charge in [-0.05, 0) is 6.92 Å². The van der Waals surface area contributed by atoms with Gasteiger partial charge in [0.2, 0.25) is 0 Å². The van der Waals surface area contributed by atoms with E-state index in [9.17, 15) is 14.4 Å². The second-order valence-corrected chi connectivity index (χ2v) is 5.33. The van der Waals surface area contributed by atoms with E-state index in [-0.39, 0.29) is 32.1 Å². The first-order valence-corrected chi connectivity index (χ1v) is 7.80. The number of nitrogens with zero attached hydrogens (tertiary/aromatic N) is 1. The molecule has 0 radical (unpaired) electrons. The highest BCUT2D eigenvalue weighted by Crippen LogP contribution is 2.13. The van der Waals surface area contributed by atoms with E-state index in [1.165, 1.54) is 25.2 Å². The fourth-order valence-electron chi connectivity index (χ4n) is 1.43. The first-order chi connectivity index (χ1) is 10.9. The highest BCUT2D eigenvalue weighted by atomic mass is 32.1. The van der Waals surface area contributed by atoms with Crippen molar-refractivity contribution in [1.82, 2.24) is 4.98 Å². The van der Waals surface area contributed by atoms with Crippen LogP contribution < -0.4 is 0 Å². The molecule has 0 N–H and O–H groups in total. The molecule has 0 saturated carbocycles. The topological polar surface area (TPSA) is 101 Å². The van der Waals surface area contributed by atoms with Gasteiger partial charge in [-0.2, -0.15) is 0 Å². The van der Waals surface area contributed by atoms with E-state index in [2.05, 4.69) is 4.98 Å². The molecule has 0 amide bonds. The SMILES string of the molecule is CCOC(=O)c1csc(COC(COC(C)=O)COC(C)=O)n1. The molecule has 0 spiro atoms. The van der Waals surface area contributed by atoms with E-state index in [1.54, 1.807) is 12.3 Å². The molecule has 128 valence electrons. The van der Waals surface area contributed by atoms with Gasteiger partial charge in [-0.3, -0.25) is 9.59 Å². The smallest absolute Gasteiger partial charge is 0.357 e. The maximum absolute atomic E-state index is 11.5. The lowest BCUT2D eigenvalue weighted by molar-refractivity contribution is -0.153. The maximum Gasteiger partial charge on any atom is 0.357 e. The first-order valence-electron chi connectivity index (χ1n) is 6.92. The van der Waals surface area contributed by atoms with Crippen LogP contribution in [-0.4, -0.2) is 48.8 Å². The van der Waals surface area contributed by atoms with Crippen LogP contribution in [0.5, 0.6) is 0 Å². The van der Waals surface area contributed by atoms with Crippen LogP contribution in [0.15, 0.2) is 5.38 Å². The maximum atomic E-state index is 11.5. The van der Waals surface area contributed by atoms with E-state index in [0.29, 0.717) is 5.01 Å². The number of aromatic nitrogens is 1. The molecule has 0 unspecified atom stereocenters. The molecule has 0 aliphatic rings. The number of ether oxygens (including phenoxy) is 4. The second-order valence-electron chi connectivity index (χ2n) is 4.39. The Bertz CT molecular complexity index is 525. The molecular weight excluding hydrogens is 326 g/mol. The average Bonchev–Trinajstić information content (AvgIpc) is 2.95. The number of carbonyl (C=O) groups is 3. The number of carbonyl (C=O) groups excluding carboxylic acids is 3. The zero-order valence-electron chi connectivity index (χ0n) is 13.2. The Hall–Kier alpha value is -2.00. The quantitative estimate of drug-likeness (QED) is 0.488. The second kappa shape index (κ2) is 9.90. The van der Waals surface area contributed by atoms with Crippen LogP contribution in [0.25, 0.3) is 0 Å². The predicted molar refractivity (Wildman–Crippen MR) is 79.9 cm³/mol. The fourth-order valence-corrected chi connectivity index (χ4v) is 2.11. The largest absolute Gasteiger partial charge is 0.463 e. The molecule has 0 saturated heterocycles. The van der Waals surface area contributed by atoms with Crippen LogP contribution in [0.2, 0.25) is 0 Å². The Kier molecular flexibility index (Phi) is 8.20. The molecule has 0 fully saturated rings. The Morgan fingerprint density at radius 3 is 2.26 bits per heavy atom. The molecule has 0 atom stereocenters. The first kappa shape index (κ1) is 19.0. The number of esters is 3. The summed E-state index contributed by atoms with van der Waals surface area (Å²) in [6, 6.07) is 0. The van der Waals surface area contributed by atoms with Crippen LogP contribution >= 0.6 is 11.3 Å². The third-order valence-corrected chi connectivity index (χ3v) is 3.25. The van der Waals surface area contributed by atoms with Crippen LogP contribution in [0.3, 0.4) is 0 Å². The van der Waals surface area contributed by atoms with Crippen molar-refractivity contribution in [2.24, 2.45) is 0 Å². The van der Waals surface area contributed by atoms with Gasteiger partial charge in [-0.25, -0.2) is 9.78 Å². The molecule has 0 aliphatic heterocycles. The number of hydrogen-bond acceptors (Lipinski definition) is 9. The van der Waals surface area contributed by atoms with Crippen molar-refractivity contribution in [1.29, 1.82) is 0 Å². The van der Waals surface area contributed by atoms with Crippen molar-refractivity contribution in [3.05, 3.63) is 16.1 Å². The Morgan fingerprint density at radius 2 is 1.74 bits per heavy atom. The zero-order chi connectivity index (χ0) is 17.2. The summed E-state index contributed by atoms with van der Waals surface area (Å²) in [6.07, 6.45) is -0.613. The van der Waals surface area contributed by atoms with E-state index in [0.717, 1.165) is 0 Å². The molecule has 9 heteroatoms. The molecule has 0 aromatic carbocycles. The fraction of sp³-hybridized carbons (Fsp3) is 0.571. The van der Waals surface area contributed by atoms with E-state index in [1.807, 2.05) is 0 Å². The van der Waals surface area contributed by atoms with E-state index >= 15 is 0 Å². The van der Waals surface area contributed by atoms with Crippen LogP contribution in [-0.2, 0) is 35.1 Å². The summed E-state index contributed by atoms with van der Waals surface area (Å²) in [5.41, 5.74) is 0.215. The molecule has 1 aromatic heterocycles. The minimum absolute atomic E-state index is 0.0429. The Morgan fingerprint density at radius 1 is 1.13 bits per heavy atom. The molecule has 8 nitrogen and oxygen atoms in total. The van der Waals surface area contributed by atoms with Crippen molar-refractivity contribution in [2.45, 2.75) is 33.5 Å². The molecule has 1 aromatic rings. The van der Waals surface area contributed by atoms with Gasteiger partial charge in [0.05, 0.1) is 13.2 Å². The predicted octanol–water partition coefficient (Wildman–Crippen LogP) is 1.33. The third-order valence-electron chi connectivity index (χ3n) is 2.42. The van der Waals surface area contributed by atoms with Crippen LogP contribution in [0.1, 0.15) is 36.3 Å². The Labute approximate surface area is 137 Å². The number of hydrogen-bond donors (Lipinski definition) is 0. The van der Waals surface area contributed by atoms with Gasteiger partial charge in [0.1, 0.15) is 24.3 Å². The lowest BCUT2D eigenvalue weighted by atomic mass is 10.4. The summed E-state index contributed by atoms with van der Waals surface area (Å²) in [4.78, 5) is 37.3. The summed E-state index contributed by atoms with van der Waals surface area (Å²) in [6.45, 7) is 4.54. The summed E-state index contributed by atoms with van der Waals surface area (Å²) in [7, 11) is 0. The summed E-state index contributed by atoms with van der Waals surface area (Å²) < 4.78 is 20.1. The molecule has 0 aliphatic carbocycles. The number of rotatable bonds is 9. The van der Waals surface area contributed by atoms with Crippen molar-refractivity contribution in [2.75, 3.05) is 19.8 Å². The van der Waals surface area contributed by atoms with Crippen LogP contribution in [0, 0.1) is 0 Å². The molecular formula is C14H19NO7S. The van der Waals surface area contributed by atoms with Gasteiger partial charge < -0.3 is 18.9 Å². The highest BCUT2D eigenvalue weighted by Gasteiger charge is 2.16. The monoisotopic (exact) mass is 345 g/mol. The minimum atomic E-state index is -0.613. The molecule has 23 heavy (non-hydrogen) atoms. The normalized spacial score (nSPS) is 10.4. The van der Waals surface area contributed by atoms with Gasteiger partial charge >= 0.3 is 17.9 Å². The summed E-state index contributed by atoms with van der Waals surface area (Å²) in [5.74, 6) is -1.41. The van der Waals surface area contributed by atoms with Crippen molar-refractivity contribution in [3.8, 4) is 0 Å². The van der Waals surface area contributed by atoms with Crippen molar-refractivity contribution >= 4 is 29.2 Å². The molecule has 1 heterocycles. The van der Waals surface area contributed by atoms with Gasteiger partial charge in [0.25, 0.3) is 0 Å². The van der Waals surface area contributed by atoms with Crippen LogP contribution in [0.4, 0.5) is 0 Å². The lowest BCUT2D eigenvalue weighted by Crippen LogP contribution is -2.27. The van der Waals surface area contributed by atoms with E-state index < -0.39 is 24.0 Å². The van der Waals surface area contributed by atoms with Gasteiger partial charge in [-0.1, -0.05) is 0 Å². The Balaban J connectivity index is 2.53. The van der Waals surface area contributed by atoms with Crippen molar-refractivity contribution < 1.29 is 33.3 Å². The molecule has 0 bridgehead atoms. The lowest BCUT2D eigenvalue weighted by Gasteiger charge is -2.16. The summed E-state index contributed by atoms with van der Waals surface area (Å²) >= 11 is 1.24. The number of thiazole rings is 1. The standard InChI is InChI=1S/C14H19NO7S/c1-4-19-14(18)12-8-23-13(15-12)7-22-11(5-20-9(2)16)6-21-10(3)17/h8,11H,4-7H2,1-3H3. The van der Waals surface area contributed by atoms with Gasteiger partial charge in [0.15, 0.2) is 5.69 Å². The van der Waals surface area contributed by atoms with E-state index in [4.69, 9.17) is 18.9 Å². The minimum Gasteiger partial charge on any atom is -0.463 e. The van der Waals surface area contributed by atoms with Crippen molar-refractivity contribution in [3.63, 3.8) is 0 Å². The van der Waals surface area contributed by atoms with Gasteiger partial charge in [0, 0.05) is 19.2 Å². The summed E-state index contributed by atoms with van der Waals surface area (Å²) in [5, 5.41) is 2.13.